The molecule has 47 valence electrons. The number of rotatable bonds is 3. The van der Waals surface area contributed by atoms with E-state index in [0.717, 1.165) is 19.4 Å². The summed E-state index contributed by atoms with van der Waals surface area (Å²) in [6.07, 6.45) is 4.47. The summed E-state index contributed by atoms with van der Waals surface area (Å²) in [5.74, 6) is 0. The normalized spacial score (nSPS) is 23.2. The Hall–Kier alpha value is -0.0400. The van der Waals surface area contributed by atoms with Crippen LogP contribution in [0.1, 0.15) is 26.7 Å². The van der Waals surface area contributed by atoms with Crippen molar-refractivity contribution in [2.75, 3.05) is 6.61 Å². The van der Waals surface area contributed by atoms with E-state index in [1.165, 1.54) is 0 Å². The lowest BCUT2D eigenvalue weighted by molar-refractivity contribution is 0.0560. The van der Waals surface area contributed by atoms with Gasteiger partial charge in [-0.3, -0.25) is 0 Å². The third-order valence-electron chi connectivity index (χ3n) is 1.41. The van der Waals surface area contributed by atoms with Gasteiger partial charge in [-0.15, -0.1) is 0 Å². The summed E-state index contributed by atoms with van der Waals surface area (Å²) in [6.45, 7) is 5.17. The largest absolute Gasteiger partial charge is 0.375 e. The summed E-state index contributed by atoms with van der Waals surface area (Å²) in [6, 6.07) is 0. The molecule has 0 N–H and O–H groups in total. The third-order valence-corrected chi connectivity index (χ3v) is 1.41. The van der Waals surface area contributed by atoms with Crippen LogP contribution in [0.4, 0.5) is 0 Å². The number of hydrogen-bond acceptors (Lipinski definition) is 1. The molecular weight excluding hydrogens is 100 g/mol. The van der Waals surface area contributed by atoms with Crippen LogP contribution in [0.5, 0.6) is 0 Å². The first kappa shape index (κ1) is 6.09. The average Bonchev–Trinajstić information content (AvgIpc) is 2.45. The van der Waals surface area contributed by atoms with Gasteiger partial charge in [-0.05, 0) is 26.2 Å². The molecule has 1 aliphatic rings. The molecule has 1 heteroatoms. The van der Waals surface area contributed by atoms with Crippen molar-refractivity contribution in [3.63, 3.8) is 0 Å². The Morgan fingerprint density at radius 1 is 1.75 bits per heavy atom. The van der Waals surface area contributed by atoms with Gasteiger partial charge in [0.05, 0.1) is 5.60 Å². The second kappa shape index (κ2) is 2.06. The van der Waals surface area contributed by atoms with Gasteiger partial charge in [-0.25, -0.2) is 0 Å². The quantitative estimate of drug-likeness (QED) is 0.542. The minimum absolute atomic E-state index is 0.177. The molecule has 1 fully saturated rings. The van der Waals surface area contributed by atoms with Gasteiger partial charge in [0.15, 0.2) is 0 Å². The minimum Gasteiger partial charge on any atom is -0.375 e. The molecule has 0 heterocycles. The maximum Gasteiger partial charge on any atom is 0.0691 e. The molecule has 1 atom stereocenters. The van der Waals surface area contributed by atoms with Crippen LogP contribution in [0, 0.1) is 6.42 Å². The second-order valence-corrected chi connectivity index (χ2v) is 2.57. The lowest BCUT2D eigenvalue weighted by Crippen LogP contribution is -2.08. The van der Waals surface area contributed by atoms with Gasteiger partial charge in [0.2, 0.25) is 0 Å². The highest BCUT2D eigenvalue weighted by Crippen LogP contribution is 2.37. The van der Waals surface area contributed by atoms with Crippen molar-refractivity contribution >= 4 is 0 Å². The molecule has 1 nitrogen and oxygen atoms in total. The molecule has 0 bridgehead atoms. The van der Waals surface area contributed by atoms with Crippen LogP contribution in [0.25, 0.3) is 0 Å². The topological polar surface area (TPSA) is 9.23 Å². The first-order valence-electron chi connectivity index (χ1n) is 3.25. The zero-order valence-corrected chi connectivity index (χ0v) is 5.61. The maximum absolute atomic E-state index is 5.43. The van der Waals surface area contributed by atoms with Gasteiger partial charge in [-0.2, -0.15) is 0 Å². The summed E-state index contributed by atoms with van der Waals surface area (Å²) in [4.78, 5) is 0. The molecule has 0 amide bonds. The molecule has 1 unspecified atom stereocenters. The molecule has 0 spiro atoms. The average molecular weight is 113 g/mol. The summed E-state index contributed by atoms with van der Waals surface area (Å²) < 4.78 is 5.43. The van der Waals surface area contributed by atoms with Crippen molar-refractivity contribution in [1.82, 2.24) is 0 Å². The van der Waals surface area contributed by atoms with E-state index in [2.05, 4.69) is 20.3 Å². The van der Waals surface area contributed by atoms with E-state index in [-0.39, 0.29) is 5.60 Å². The van der Waals surface area contributed by atoms with E-state index in [4.69, 9.17) is 4.74 Å². The fourth-order valence-corrected chi connectivity index (χ4v) is 0.597. The molecule has 0 aromatic carbocycles. The Labute approximate surface area is 51.0 Å². The van der Waals surface area contributed by atoms with Gasteiger partial charge in [0.1, 0.15) is 0 Å². The van der Waals surface area contributed by atoms with Crippen LogP contribution < -0.4 is 0 Å². The van der Waals surface area contributed by atoms with E-state index >= 15 is 0 Å². The molecule has 0 aromatic heterocycles. The predicted octanol–water partition coefficient (Wildman–Crippen LogP) is 1.78. The molecule has 1 saturated carbocycles. The first-order chi connectivity index (χ1) is 3.77. The van der Waals surface area contributed by atoms with Crippen molar-refractivity contribution in [1.29, 1.82) is 0 Å². The molecule has 1 aliphatic carbocycles. The van der Waals surface area contributed by atoms with E-state index in [1.54, 1.807) is 0 Å². The predicted molar refractivity (Wildman–Crippen MR) is 33.6 cm³/mol. The van der Waals surface area contributed by atoms with E-state index in [0.29, 0.717) is 0 Å². The van der Waals surface area contributed by atoms with Crippen LogP contribution in [0.15, 0.2) is 0 Å². The Balaban J connectivity index is 2.01. The van der Waals surface area contributed by atoms with Gasteiger partial charge in [0, 0.05) is 6.61 Å². The molecular formula is C7H13O. The summed E-state index contributed by atoms with van der Waals surface area (Å²) in [7, 11) is 0. The third kappa shape index (κ3) is 1.48. The molecule has 1 radical (unpaired) electrons. The van der Waals surface area contributed by atoms with Crippen molar-refractivity contribution < 1.29 is 4.74 Å². The van der Waals surface area contributed by atoms with Crippen molar-refractivity contribution in [3.8, 4) is 0 Å². The maximum atomic E-state index is 5.43. The summed E-state index contributed by atoms with van der Waals surface area (Å²) in [5, 5.41) is 0. The van der Waals surface area contributed by atoms with E-state index in [9.17, 15) is 0 Å². The Morgan fingerprint density at radius 3 is 2.75 bits per heavy atom. The van der Waals surface area contributed by atoms with E-state index < -0.39 is 0 Å². The van der Waals surface area contributed by atoms with Crippen LogP contribution in [0.2, 0.25) is 0 Å². The standard InChI is InChI=1S/C7H13O/c1-3-6-8-7(2)4-5-7/h4H,3,5-6H2,1-2H3. The van der Waals surface area contributed by atoms with Crippen molar-refractivity contribution in [2.24, 2.45) is 0 Å². The second-order valence-electron chi connectivity index (χ2n) is 2.57. The van der Waals surface area contributed by atoms with Crippen molar-refractivity contribution in [3.05, 3.63) is 6.42 Å². The highest BCUT2D eigenvalue weighted by molar-refractivity contribution is 5.10. The SMILES string of the molecule is CCCOC1(C)[CH]C1. The smallest absolute Gasteiger partial charge is 0.0691 e. The lowest BCUT2D eigenvalue weighted by Gasteiger charge is -2.07. The Morgan fingerprint density at radius 2 is 2.38 bits per heavy atom. The monoisotopic (exact) mass is 113 g/mol. The van der Waals surface area contributed by atoms with Crippen LogP contribution in [-0.2, 0) is 4.74 Å². The Bertz CT molecular complexity index is 74.5. The number of ether oxygens (including phenoxy) is 1. The van der Waals surface area contributed by atoms with Gasteiger partial charge in [0.25, 0.3) is 0 Å². The fourth-order valence-electron chi connectivity index (χ4n) is 0.597. The molecule has 1 rings (SSSR count). The first-order valence-corrected chi connectivity index (χ1v) is 3.25. The van der Waals surface area contributed by atoms with Gasteiger partial charge in [-0.1, -0.05) is 6.92 Å². The Kier molecular flexibility index (Phi) is 1.57. The molecule has 0 aliphatic heterocycles. The van der Waals surface area contributed by atoms with Crippen LogP contribution in [-0.4, -0.2) is 12.2 Å². The molecule has 0 aromatic rings. The molecule has 8 heavy (non-hydrogen) atoms. The minimum atomic E-state index is 0.177. The fraction of sp³-hybridized carbons (Fsp3) is 0.857. The summed E-state index contributed by atoms with van der Waals surface area (Å²) >= 11 is 0. The lowest BCUT2D eigenvalue weighted by atomic mass is 10.4. The number of hydrogen-bond donors (Lipinski definition) is 0. The summed E-state index contributed by atoms with van der Waals surface area (Å²) in [5.41, 5.74) is 0.177. The van der Waals surface area contributed by atoms with Crippen LogP contribution >= 0.6 is 0 Å². The molecule has 0 saturated heterocycles. The zero-order chi connectivity index (χ0) is 6.04. The highest BCUT2D eigenvalue weighted by Gasteiger charge is 2.38. The van der Waals surface area contributed by atoms with Crippen molar-refractivity contribution in [2.45, 2.75) is 32.3 Å². The highest BCUT2D eigenvalue weighted by atomic mass is 16.5. The van der Waals surface area contributed by atoms with Crippen LogP contribution in [0.3, 0.4) is 0 Å². The van der Waals surface area contributed by atoms with E-state index in [1.807, 2.05) is 0 Å². The van der Waals surface area contributed by atoms with Gasteiger partial charge < -0.3 is 4.74 Å². The zero-order valence-electron chi connectivity index (χ0n) is 5.61. The van der Waals surface area contributed by atoms with Gasteiger partial charge >= 0.3 is 0 Å².